The molecule has 1 aliphatic carbocycles. The molecule has 0 saturated heterocycles. The molecule has 0 bridgehead atoms. The van der Waals surface area contributed by atoms with E-state index in [1.54, 1.807) is 18.3 Å². The van der Waals surface area contributed by atoms with Crippen LogP contribution in [0.15, 0.2) is 59.4 Å². The molecule has 0 amide bonds. The standard InChI is InChI=1S/C19H14N2OSe/c1-21-15-6-2-3-8-17(15)23-18(21)10-9-13-11-12-20-19-14(13)5-4-7-16(19)22/h2-12H,1H3. The van der Waals surface area contributed by atoms with E-state index in [0.717, 1.165) is 10.4 Å². The average Bonchev–Trinajstić information content (AvgIpc) is 2.90. The molecule has 4 rings (SSSR count). The molecule has 112 valence electrons. The second-order valence-corrected chi connectivity index (χ2v) is 7.58. The molecular weight excluding hydrogens is 351 g/mol. The van der Waals surface area contributed by atoms with Crippen LogP contribution in [0.5, 0.6) is 0 Å². The third kappa shape index (κ3) is 2.46. The summed E-state index contributed by atoms with van der Waals surface area (Å²) in [6.45, 7) is 0. The number of carbonyl (C=O) groups is 1. The van der Waals surface area contributed by atoms with Crippen LogP contribution in [0.3, 0.4) is 0 Å². The number of anilines is 1. The molecule has 2 heterocycles. The van der Waals surface area contributed by atoms with Crippen molar-refractivity contribution in [2.45, 2.75) is 0 Å². The predicted octanol–water partition coefficient (Wildman–Crippen LogP) is 0.716. The Kier molecular flexibility index (Phi) is 3.49. The van der Waals surface area contributed by atoms with Gasteiger partial charge in [0.25, 0.3) is 0 Å². The Morgan fingerprint density at radius 3 is 2.91 bits per heavy atom. The van der Waals surface area contributed by atoms with Gasteiger partial charge in [-0.1, -0.05) is 0 Å². The first-order chi connectivity index (χ1) is 11.2. The van der Waals surface area contributed by atoms with E-state index < -0.39 is 0 Å². The van der Waals surface area contributed by atoms with Crippen molar-refractivity contribution in [1.29, 1.82) is 0 Å². The summed E-state index contributed by atoms with van der Waals surface area (Å²) in [5, 5.41) is 1.93. The van der Waals surface area contributed by atoms with Gasteiger partial charge in [-0.3, -0.25) is 0 Å². The van der Waals surface area contributed by atoms with Crippen LogP contribution in [0.2, 0.25) is 0 Å². The van der Waals surface area contributed by atoms with Crippen LogP contribution < -0.4 is 19.8 Å². The summed E-state index contributed by atoms with van der Waals surface area (Å²) in [5.41, 5.74) is 1.82. The number of hydrogen-bond donors (Lipinski definition) is 0. The summed E-state index contributed by atoms with van der Waals surface area (Å²) >= 11 is 0.314. The molecule has 0 fully saturated rings. The minimum absolute atomic E-state index is 0.0278. The fraction of sp³-hybridized carbons (Fsp3) is 0.0526. The maximum absolute atomic E-state index is 11.9. The van der Waals surface area contributed by atoms with Crippen LogP contribution in [-0.2, 0) is 0 Å². The van der Waals surface area contributed by atoms with Crippen molar-refractivity contribution >= 4 is 43.0 Å². The summed E-state index contributed by atoms with van der Waals surface area (Å²) in [6.07, 6.45) is 11.2. The van der Waals surface area contributed by atoms with Gasteiger partial charge in [-0.25, -0.2) is 0 Å². The number of aromatic nitrogens is 1. The van der Waals surface area contributed by atoms with Gasteiger partial charge in [0.2, 0.25) is 0 Å². The molecule has 2 aliphatic rings. The number of benzene rings is 1. The van der Waals surface area contributed by atoms with E-state index in [1.807, 2.05) is 12.1 Å². The van der Waals surface area contributed by atoms with E-state index in [-0.39, 0.29) is 5.78 Å². The summed E-state index contributed by atoms with van der Waals surface area (Å²) in [7, 11) is 2.10. The monoisotopic (exact) mass is 366 g/mol. The number of nitrogens with zero attached hydrogens (tertiary/aromatic N) is 2. The van der Waals surface area contributed by atoms with E-state index >= 15 is 0 Å². The second kappa shape index (κ2) is 5.65. The van der Waals surface area contributed by atoms with Gasteiger partial charge in [0.05, 0.1) is 0 Å². The van der Waals surface area contributed by atoms with E-state index in [9.17, 15) is 4.79 Å². The van der Waals surface area contributed by atoms with Crippen molar-refractivity contribution in [3.8, 4) is 0 Å². The fourth-order valence-corrected chi connectivity index (χ4v) is 4.95. The molecule has 0 spiro atoms. The fourth-order valence-electron chi connectivity index (χ4n) is 2.74. The first-order valence-electron chi connectivity index (χ1n) is 7.34. The number of pyridine rings is 1. The normalized spacial score (nSPS) is 18.1. The van der Waals surface area contributed by atoms with Crippen LogP contribution >= 0.6 is 0 Å². The summed E-state index contributed by atoms with van der Waals surface area (Å²) in [6, 6.07) is 10.5. The first kappa shape index (κ1) is 14.2. The SMILES string of the molecule is CN1C(=CC=c2ccnc3c2=CC=CC3=O)[Se]c2ccccc21. The van der Waals surface area contributed by atoms with Gasteiger partial charge in [-0.2, -0.15) is 0 Å². The van der Waals surface area contributed by atoms with E-state index in [0.29, 0.717) is 20.7 Å². The number of ketones is 1. The van der Waals surface area contributed by atoms with Crippen LogP contribution in [-0.4, -0.2) is 32.8 Å². The summed E-state index contributed by atoms with van der Waals surface area (Å²) in [4.78, 5) is 18.3. The zero-order valence-corrected chi connectivity index (χ0v) is 14.3. The Labute approximate surface area is 140 Å². The van der Waals surface area contributed by atoms with Crippen molar-refractivity contribution in [2.24, 2.45) is 0 Å². The summed E-state index contributed by atoms with van der Waals surface area (Å²) < 4.78 is 2.71. The Balaban J connectivity index is 1.79. The Bertz CT molecular complexity index is 989. The van der Waals surface area contributed by atoms with Gasteiger partial charge < -0.3 is 0 Å². The van der Waals surface area contributed by atoms with Gasteiger partial charge in [0.15, 0.2) is 0 Å². The third-order valence-electron chi connectivity index (χ3n) is 3.94. The molecule has 0 unspecified atom stereocenters. The van der Waals surface area contributed by atoms with Gasteiger partial charge in [-0.05, 0) is 0 Å². The molecule has 3 nitrogen and oxygen atoms in total. The second-order valence-electron chi connectivity index (χ2n) is 5.35. The number of hydrogen-bond acceptors (Lipinski definition) is 3. The van der Waals surface area contributed by atoms with Crippen molar-refractivity contribution in [3.63, 3.8) is 0 Å². The molecule has 1 aromatic carbocycles. The minimum atomic E-state index is -0.0278. The van der Waals surface area contributed by atoms with Crippen LogP contribution in [0, 0.1) is 0 Å². The van der Waals surface area contributed by atoms with Gasteiger partial charge in [0, 0.05) is 0 Å². The van der Waals surface area contributed by atoms with Crippen molar-refractivity contribution < 1.29 is 4.79 Å². The topological polar surface area (TPSA) is 33.2 Å². The molecule has 1 aromatic heterocycles. The number of fused-ring (bicyclic) bond motifs is 2. The zero-order valence-electron chi connectivity index (χ0n) is 12.6. The number of para-hydroxylation sites is 1. The first-order valence-corrected chi connectivity index (χ1v) is 9.06. The third-order valence-corrected chi connectivity index (χ3v) is 6.43. The molecule has 0 radical (unpaired) electrons. The Morgan fingerprint density at radius 1 is 1.17 bits per heavy atom. The molecular formula is C19H14N2OSe. The molecule has 2 aromatic rings. The molecule has 0 saturated carbocycles. The molecule has 0 atom stereocenters. The van der Waals surface area contributed by atoms with Gasteiger partial charge in [-0.15, -0.1) is 0 Å². The van der Waals surface area contributed by atoms with E-state index in [4.69, 9.17) is 0 Å². The van der Waals surface area contributed by atoms with E-state index in [2.05, 4.69) is 53.3 Å². The molecule has 4 heteroatoms. The molecule has 1 aliphatic heterocycles. The molecule has 23 heavy (non-hydrogen) atoms. The van der Waals surface area contributed by atoms with Gasteiger partial charge in [0.1, 0.15) is 0 Å². The number of allylic oxidation sites excluding steroid dienone is 3. The number of carbonyl (C=O) groups excluding carboxylic acids is 1. The van der Waals surface area contributed by atoms with Crippen LogP contribution in [0.1, 0.15) is 10.5 Å². The van der Waals surface area contributed by atoms with Gasteiger partial charge >= 0.3 is 140 Å². The van der Waals surface area contributed by atoms with Crippen molar-refractivity contribution in [2.75, 3.05) is 11.9 Å². The maximum atomic E-state index is 11.9. The summed E-state index contributed by atoms with van der Waals surface area (Å²) in [5.74, 6) is -0.0278. The van der Waals surface area contributed by atoms with Crippen molar-refractivity contribution in [1.82, 2.24) is 4.98 Å². The van der Waals surface area contributed by atoms with E-state index in [1.165, 1.54) is 14.7 Å². The predicted molar refractivity (Wildman–Crippen MR) is 94.2 cm³/mol. The number of rotatable bonds is 1. The average molecular weight is 365 g/mol. The van der Waals surface area contributed by atoms with Crippen LogP contribution in [0.4, 0.5) is 5.69 Å². The van der Waals surface area contributed by atoms with Crippen molar-refractivity contribution in [3.05, 3.63) is 75.5 Å². The molecule has 0 N–H and O–H groups in total. The quantitative estimate of drug-likeness (QED) is 0.699. The van der Waals surface area contributed by atoms with Crippen LogP contribution in [0.25, 0.3) is 12.2 Å². The Morgan fingerprint density at radius 2 is 2.04 bits per heavy atom. The zero-order chi connectivity index (χ0) is 15.8. The Hall–Kier alpha value is -2.42.